The van der Waals surface area contributed by atoms with Crippen molar-refractivity contribution in [2.45, 2.75) is 34.2 Å². The van der Waals surface area contributed by atoms with Gasteiger partial charge in [0.15, 0.2) is 0 Å². The highest BCUT2D eigenvalue weighted by Gasteiger charge is 2.04. The zero-order valence-electron chi connectivity index (χ0n) is 11.8. The predicted molar refractivity (Wildman–Crippen MR) is 84.7 cm³/mol. The minimum atomic E-state index is 0.834. The predicted octanol–water partition coefficient (Wildman–Crippen LogP) is 4.69. The third-order valence-corrected chi connectivity index (χ3v) is 4.15. The Morgan fingerprint density at radius 1 is 1.00 bits per heavy atom. The number of aryl methyl sites for hydroxylation is 4. The van der Waals surface area contributed by atoms with Gasteiger partial charge in [-0.1, -0.05) is 17.7 Å². The number of hydrogen-bond acceptors (Lipinski definition) is 2. The quantitative estimate of drug-likeness (QED) is 0.830. The number of nitrogens with one attached hydrogen (secondary N) is 1. The monoisotopic (exact) mass is 318 g/mol. The second-order valence-electron chi connectivity index (χ2n) is 5.06. The van der Waals surface area contributed by atoms with Crippen molar-refractivity contribution in [2.24, 2.45) is 0 Å². The molecule has 0 aliphatic carbocycles. The summed E-state index contributed by atoms with van der Waals surface area (Å²) in [6.45, 7) is 9.36. The molecule has 0 bridgehead atoms. The van der Waals surface area contributed by atoms with Crippen LogP contribution in [0.25, 0.3) is 0 Å². The van der Waals surface area contributed by atoms with E-state index in [2.05, 4.69) is 65.2 Å². The lowest BCUT2D eigenvalue weighted by Crippen LogP contribution is -2.04. The van der Waals surface area contributed by atoms with E-state index in [0.717, 1.165) is 22.4 Å². The number of halogens is 1. The lowest BCUT2D eigenvalue weighted by molar-refractivity contribution is 1.07. The standard InChI is InChI=1S/C16H19BrN2/c1-10-5-11(2)15(12(3)6-10)9-18-14-7-13(4)16(17)19-8-14/h5-8,18H,9H2,1-4H3. The van der Waals surface area contributed by atoms with Crippen LogP contribution in [0.2, 0.25) is 0 Å². The van der Waals surface area contributed by atoms with Crippen molar-refractivity contribution in [3.8, 4) is 0 Å². The Bertz CT molecular complexity index is 583. The molecule has 1 aromatic heterocycles. The number of anilines is 1. The molecule has 1 aromatic carbocycles. The molecule has 1 heterocycles. The molecule has 1 N–H and O–H groups in total. The number of hydrogen-bond donors (Lipinski definition) is 1. The van der Waals surface area contributed by atoms with Gasteiger partial charge >= 0.3 is 0 Å². The van der Waals surface area contributed by atoms with Crippen LogP contribution >= 0.6 is 15.9 Å². The number of benzene rings is 1. The Hall–Kier alpha value is -1.35. The molecule has 0 saturated carbocycles. The Kier molecular flexibility index (Phi) is 4.25. The number of rotatable bonds is 3. The molecule has 0 amide bonds. The van der Waals surface area contributed by atoms with Crippen LogP contribution in [-0.4, -0.2) is 4.98 Å². The Balaban J connectivity index is 2.16. The summed E-state index contributed by atoms with van der Waals surface area (Å²) in [5.41, 5.74) is 7.56. The highest BCUT2D eigenvalue weighted by Crippen LogP contribution is 2.20. The third kappa shape index (κ3) is 3.35. The highest BCUT2D eigenvalue weighted by molar-refractivity contribution is 9.10. The summed E-state index contributed by atoms with van der Waals surface area (Å²) in [6.07, 6.45) is 1.86. The summed E-state index contributed by atoms with van der Waals surface area (Å²) < 4.78 is 0.903. The Labute approximate surface area is 123 Å². The lowest BCUT2D eigenvalue weighted by atomic mass is 10.00. The van der Waals surface area contributed by atoms with Crippen molar-refractivity contribution in [1.29, 1.82) is 0 Å². The fraction of sp³-hybridized carbons (Fsp3) is 0.312. The zero-order chi connectivity index (χ0) is 14.0. The SMILES string of the molecule is Cc1cc(C)c(CNc2cnc(Br)c(C)c2)c(C)c1. The highest BCUT2D eigenvalue weighted by atomic mass is 79.9. The van der Waals surface area contributed by atoms with Crippen molar-refractivity contribution in [3.63, 3.8) is 0 Å². The van der Waals surface area contributed by atoms with Gasteiger partial charge in [-0.05, 0) is 71.9 Å². The van der Waals surface area contributed by atoms with Gasteiger partial charge in [0.25, 0.3) is 0 Å². The van der Waals surface area contributed by atoms with Gasteiger partial charge in [-0.15, -0.1) is 0 Å². The van der Waals surface area contributed by atoms with Gasteiger partial charge in [0.2, 0.25) is 0 Å². The van der Waals surface area contributed by atoms with Gasteiger partial charge in [0.1, 0.15) is 4.60 Å². The van der Waals surface area contributed by atoms with E-state index in [1.807, 2.05) is 13.1 Å². The largest absolute Gasteiger partial charge is 0.380 e. The minimum absolute atomic E-state index is 0.834. The van der Waals surface area contributed by atoms with Gasteiger partial charge < -0.3 is 5.32 Å². The normalized spacial score (nSPS) is 10.6. The number of aromatic nitrogens is 1. The van der Waals surface area contributed by atoms with E-state index >= 15 is 0 Å². The molecule has 100 valence electrons. The van der Waals surface area contributed by atoms with Gasteiger partial charge in [0.05, 0.1) is 11.9 Å². The van der Waals surface area contributed by atoms with Crippen molar-refractivity contribution in [2.75, 3.05) is 5.32 Å². The first-order chi connectivity index (χ1) is 8.97. The molecule has 0 aliphatic heterocycles. The van der Waals surface area contributed by atoms with Gasteiger partial charge in [0, 0.05) is 6.54 Å². The second kappa shape index (κ2) is 5.74. The first-order valence-electron chi connectivity index (χ1n) is 6.40. The molecule has 0 radical (unpaired) electrons. The molecule has 19 heavy (non-hydrogen) atoms. The van der Waals surface area contributed by atoms with Crippen LogP contribution in [0.1, 0.15) is 27.8 Å². The van der Waals surface area contributed by atoms with E-state index < -0.39 is 0 Å². The van der Waals surface area contributed by atoms with Crippen LogP contribution in [0.4, 0.5) is 5.69 Å². The van der Waals surface area contributed by atoms with Crippen LogP contribution in [0.5, 0.6) is 0 Å². The van der Waals surface area contributed by atoms with Crippen LogP contribution in [0, 0.1) is 27.7 Å². The third-order valence-electron chi connectivity index (χ3n) is 3.32. The van der Waals surface area contributed by atoms with Crippen LogP contribution in [0.3, 0.4) is 0 Å². The second-order valence-corrected chi connectivity index (χ2v) is 5.81. The van der Waals surface area contributed by atoms with Gasteiger partial charge in [-0.25, -0.2) is 4.98 Å². The molecule has 0 saturated heterocycles. The molecule has 0 aliphatic rings. The summed E-state index contributed by atoms with van der Waals surface area (Å²) in [6, 6.07) is 6.57. The van der Waals surface area contributed by atoms with Crippen LogP contribution in [0.15, 0.2) is 29.0 Å². The summed E-state index contributed by atoms with van der Waals surface area (Å²) in [5.74, 6) is 0. The molecule has 2 rings (SSSR count). The first-order valence-corrected chi connectivity index (χ1v) is 7.19. The molecule has 0 spiro atoms. The smallest absolute Gasteiger partial charge is 0.109 e. The van der Waals surface area contributed by atoms with Gasteiger partial charge in [-0.2, -0.15) is 0 Å². The molecule has 2 aromatic rings. The molecule has 0 fully saturated rings. The molecule has 3 heteroatoms. The maximum atomic E-state index is 4.30. The maximum absolute atomic E-state index is 4.30. The van der Waals surface area contributed by atoms with E-state index in [1.54, 1.807) is 0 Å². The molecule has 0 unspecified atom stereocenters. The summed E-state index contributed by atoms with van der Waals surface area (Å²) in [5, 5.41) is 3.45. The molecule has 2 nitrogen and oxygen atoms in total. The van der Waals surface area contributed by atoms with Crippen molar-refractivity contribution in [3.05, 3.63) is 56.8 Å². The first kappa shape index (κ1) is 14.1. The lowest BCUT2D eigenvalue weighted by Gasteiger charge is -2.13. The van der Waals surface area contributed by atoms with Crippen LogP contribution < -0.4 is 5.32 Å². The van der Waals surface area contributed by atoms with Crippen LogP contribution in [-0.2, 0) is 6.54 Å². The zero-order valence-corrected chi connectivity index (χ0v) is 13.4. The molecule has 0 atom stereocenters. The average molecular weight is 319 g/mol. The molecular formula is C16H19BrN2. The van der Waals surface area contributed by atoms with E-state index in [4.69, 9.17) is 0 Å². The van der Waals surface area contributed by atoms with Gasteiger partial charge in [-0.3, -0.25) is 0 Å². The summed E-state index contributed by atoms with van der Waals surface area (Å²) >= 11 is 3.42. The topological polar surface area (TPSA) is 24.9 Å². The van der Waals surface area contributed by atoms with Crippen molar-refractivity contribution in [1.82, 2.24) is 4.98 Å². The van der Waals surface area contributed by atoms with Crippen molar-refractivity contribution < 1.29 is 0 Å². The van der Waals surface area contributed by atoms with E-state index in [-0.39, 0.29) is 0 Å². The minimum Gasteiger partial charge on any atom is -0.380 e. The maximum Gasteiger partial charge on any atom is 0.109 e. The molecular weight excluding hydrogens is 300 g/mol. The summed E-state index contributed by atoms with van der Waals surface area (Å²) in [7, 11) is 0. The number of pyridine rings is 1. The van der Waals surface area contributed by atoms with E-state index in [1.165, 1.54) is 22.3 Å². The average Bonchev–Trinajstić information content (AvgIpc) is 2.32. The van der Waals surface area contributed by atoms with E-state index in [9.17, 15) is 0 Å². The van der Waals surface area contributed by atoms with E-state index in [0.29, 0.717) is 0 Å². The Morgan fingerprint density at radius 2 is 1.63 bits per heavy atom. The fourth-order valence-corrected chi connectivity index (χ4v) is 2.55. The fourth-order valence-electron chi connectivity index (χ4n) is 2.33. The Morgan fingerprint density at radius 3 is 2.21 bits per heavy atom. The summed E-state index contributed by atoms with van der Waals surface area (Å²) in [4.78, 5) is 4.30. The van der Waals surface area contributed by atoms with Crippen molar-refractivity contribution >= 4 is 21.6 Å². The number of nitrogens with zero attached hydrogens (tertiary/aromatic N) is 1.